The van der Waals surface area contributed by atoms with E-state index in [4.69, 9.17) is 4.52 Å². The van der Waals surface area contributed by atoms with Crippen LogP contribution in [0.4, 0.5) is 5.69 Å². The van der Waals surface area contributed by atoms with E-state index in [9.17, 15) is 13.2 Å². The lowest BCUT2D eigenvalue weighted by Crippen LogP contribution is -2.27. The average Bonchev–Trinajstić information content (AvgIpc) is 3.30. The largest absolute Gasteiger partial charge is 0.343 e. The Balaban J connectivity index is 1.71. The normalized spacial score (nSPS) is 11.4. The molecule has 0 saturated carbocycles. The number of carbonyl (C=O) groups excluding carboxylic acids is 1. The molecule has 3 rings (SSSR count). The maximum Gasteiger partial charge on any atom is 0.251 e. The molecule has 0 atom stereocenters. The number of aryl methyl sites for hydroxylation is 1. The molecule has 0 radical (unpaired) electrons. The number of thiophene rings is 1. The Morgan fingerprint density at radius 2 is 2.11 bits per heavy atom. The monoisotopic (exact) mass is 406 g/mol. The van der Waals surface area contributed by atoms with Crippen molar-refractivity contribution in [1.29, 1.82) is 0 Å². The number of rotatable bonds is 6. The fourth-order valence-corrected chi connectivity index (χ4v) is 3.56. The van der Waals surface area contributed by atoms with Crippen molar-refractivity contribution in [1.82, 2.24) is 15.5 Å². The molecule has 0 aliphatic carbocycles. The summed E-state index contributed by atoms with van der Waals surface area (Å²) in [6, 6.07) is 8.64. The van der Waals surface area contributed by atoms with E-state index in [1.807, 2.05) is 17.5 Å². The third-order valence-electron chi connectivity index (χ3n) is 3.92. The molecule has 2 heterocycles. The van der Waals surface area contributed by atoms with Gasteiger partial charge in [-0.2, -0.15) is 4.98 Å². The first-order valence-corrected chi connectivity index (χ1v) is 10.7. The average molecular weight is 406 g/mol. The number of nitrogens with zero attached hydrogens (tertiary/aromatic N) is 3. The molecule has 1 amide bonds. The summed E-state index contributed by atoms with van der Waals surface area (Å²) in [5.41, 5.74) is 1.53. The minimum Gasteiger partial charge on any atom is -0.343 e. The number of carbonyl (C=O) groups is 1. The van der Waals surface area contributed by atoms with E-state index in [-0.39, 0.29) is 18.3 Å². The molecule has 8 nitrogen and oxygen atoms in total. The zero-order chi connectivity index (χ0) is 19.6. The lowest BCUT2D eigenvalue weighted by Gasteiger charge is -2.19. The zero-order valence-electron chi connectivity index (χ0n) is 15.0. The molecular weight excluding hydrogens is 388 g/mol. The molecule has 2 aromatic heterocycles. The molecule has 0 unspecified atom stereocenters. The lowest BCUT2D eigenvalue weighted by atomic mass is 10.1. The van der Waals surface area contributed by atoms with Gasteiger partial charge in [0.15, 0.2) is 0 Å². The van der Waals surface area contributed by atoms with E-state index in [0.717, 1.165) is 21.0 Å². The van der Waals surface area contributed by atoms with Gasteiger partial charge in [0.2, 0.25) is 21.7 Å². The maximum absolute atomic E-state index is 12.4. The van der Waals surface area contributed by atoms with Crippen LogP contribution in [0.3, 0.4) is 0 Å². The van der Waals surface area contributed by atoms with Crippen LogP contribution < -0.4 is 9.62 Å². The van der Waals surface area contributed by atoms with Crippen molar-refractivity contribution < 1.29 is 17.7 Å². The topological polar surface area (TPSA) is 105 Å². The Kier molecular flexibility index (Phi) is 5.29. The summed E-state index contributed by atoms with van der Waals surface area (Å²) < 4.78 is 29.8. The van der Waals surface area contributed by atoms with Gasteiger partial charge in [0.05, 0.1) is 23.4 Å². The van der Waals surface area contributed by atoms with Crippen molar-refractivity contribution in [2.24, 2.45) is 0 Å². The summed E-state index contributed by atoms with van der Waals surface area (Å²) in [6.07, 6.45) is 1.11. The lowest BCUT2D eigenvalue weighted by molar-refractivity contribution is 0.0946. The van der Waals surface area contributed by atoms with Crippen molar-refractivity contribution in [3.63, 3.8) is 0 Å². The molecule has 1 aromatic carbocycles. The van der Waals surface area contributed by atoms with Crippen LogP contribution in [0.25, 0.3) is 10.7 Å². The van der Waals surface area contributed by atoms with Gasteiger partial charge in [-0.25, -0.2) is 8.42 Å². The number of benzene rings is 1. The summed E-state index contributed by atoms with van der Waals surface area (Å²) in [6.45, 7) is 1.85. The quantitative estimate of drug-likeness (QED) is 0.674. The van der Waals surface area contributed by atoms with E-state index >= 15 is 0 Å². The number of amides is 1. The van der Waals surface area contributed by atoms with Crippen molar-refractivity contribution in [2.75, 3.05) is 17.6 Å². The Morgan fingerprint density at radius 3 is 2.78 bits per heavy atom. The van der Waals surface area contributed by atoms with Crippen LogP contribution in [-0.4, -0.2) is 37.8 Å². The van der Waals surface area contributed by atoms with Gasteiger partial charge in [-0.1, -0.05) is 17.3 Å². The molecule has 27 heavy (non-hydrogen) atoms. The second-order valence-electron chi connectivity index (χ2n) is 5.90. The molecule has 0 bridgehead atoms. The van der Waals surface area contributed by atoms with Crippen LogP contribution >= 0.6 is 11.3 Å². The molecular formula is C17H18N4O4S2. The summed E-state index contributed by atoms with van der Waals surface area (Å²) in [4.78, 5) is 17.5. The second kappa shape index (κ2) is 7.49. The Labute approximate surface area is 160 Å². The first kappa shape index (κ1) is 19.1. The Morgan fingerprint density at radius 1 is 1.33 bits per heavy atom. The molecule has 0 fully saturated rings. The van der Waals surface area contributed by atoms with E-state index in [0.29, 0.717) is 17.1 Å². The zero-order valence-corrected chi connectivity index (χ0v) is 16.6. The number of hydrogen-bond donors (Lipinski definition) is 1. The van der Waals surface area contributed by atoms with Gasteiger partial charge < -0.3 is 9.84 Å². The highest BCUT2D eigenvalue weighted by Gasteiger charge is 2.17. The predicted octanol–water partition coefficient (Wildman–Crippen LogP) is 2.43. The SMILES string of the molecule is Cc1ccc(C(=O)NCc2nc(-c3cccs3)no2)cc1N(C)S(C)(=O)=O. The highest BCUT2D eigenvalue weighted by atomic mass is 32.2. The molecule has 142 valence electrons. The number of hydrogen-bond acceptors (Lipinski definition) is 7. The van der Waals surface area contributed by atoms with Crippen LogP contribution in [0.15, 0.2) is 40.2 Å². The maximum atomic E-state index is 12.4. The molecule has 3 aromatic rings. The van der Waals surface area contributed by atoms with Gasteiger partial charge in [0, 0.05) is 12.6 Å². The summed E-state index contributed by atoms with van der Waals surface area (Å²) in [5, 5.41) is 8.50. The highest BCUT2D eigenvalue weighted by Crippen LogP contribution is 2.23. The number of nitrogens with one attached hydrogen (secondary N) is 1. The van der Waals surface area contributed by atoms with Gasteiger partial charge in [0.1, 0.15) is 0 Å². The third-order valence-corrected chi connectivity index (χ3v) is 5.98. The van der Waals surface area contributed by atoms with Gasteiger partial charge in [-0.05, 0) is 36.1 Å². The first-order valence-electron chi connectivity index (χ1n) is 7.95. The van der Waals surface area contributed by atoms with E-state index in [1.165, 1.54) is 24.5 Å². The summed E-state index contributed by atoms with van der Waals surface area (Å²) in [5.74, 6) is 0.392. The van der Waals surface area contributed by atoms with Crippen LogP contribution in [0.1, 0.15) is 21.8 Å². The minimum absolute atomic E-state index is 0.0718. The number of anilines is 1. The number of aromatic nitrogens is 2. The summed E-state index contributed by atoms with van der Waals surface area (Å²) in [7, 11) is -1.98. The molecule has 1 N–H and O–H groups in total. The fraction of sp³-hybridized carbons (Fsp3) is 0.235. The predicted molar refractivity (Wildman–Crippen MR) is 103 cm³/mol. The van der Waals surface area contributed by atoms with Crippen molar-refractivity contribution in [3.8, 4) is 10.7 Å². The highest BCUT2D eigenvalue weighted by molar-refractivity contribution is 7.92. The molecule has 0 saturated heterocycles. The van der Waals surface area contributed by atoms with E-state index < -0.39 is 10.0 Å². The van der Waals surface area contributed by atoms with Crippen molar-refractivity contribution in [3.05, 3.63) is 52.7 Å². The van der Waals surface area contributed by atoms with Gasteiger partial charge in [0.25, 0.3) is 5.91 Å². The number of sulfonamides is 1. The third kappa shape index (κ3) is 4.34. The van der Waals surface area contributed by atoms with Gasteiger partial charge >= 0.3 is 0 Å². The van der Waals surface area contributed by atoms with Gasteiger partial charge in [-0.3, -0.25) is 9.10 Å². The van der Waals surface area contributed by atoms with Crippen LogP contribution in [0.5, 0.6) is 0 Å². The standard InChI is InChI=1S/C17H18N4O4S2/c1-11-6-7-12(9-13(11)21(2)27(3,23)24)17(22)18-10-15-19-16(20-25-15)14-5-4-8-26-14/h4-9H,10H2,1-3H3,(H,18,22). The molecule has 10 heteroatoms. The van der Waals surface area contributed by atoms with Crippen molar-refractivity contribution in [2.45, 2.75) is 13.5 Å². The van der Waals surface area contributed by atoms with E-state index in [2.05, 4.69) is 15.5 Å². The second-order valence-corrected chi connectivity index (χ2v) is 8.86. The Hall–Kier alpha value is -2.72. The van der Waals surface area contributed by atoms with Crippen LogP contribution in [0, 0.1) is 6.92 Å². The summed E-state index contributed by atoms with van der Waals surface area (Å²) >= 11 is 1.49. The smallest absolute Gasteiger partial charge is 0.251 e. The molecule has 0 aliphatic rings. The van der Waals surface area contributed by atoms with Crippen molar-refractivity contribution >= 4 is 33.0 Å². The van der Waals surface area contributed by atoms with Crippen LogP contribution in [-0.2, 0) is 16.6 Å². The van der Waals surface area contributed by atoms with Crippen LogP contribution in [0.2, 0.25) is 0 Å². The minimum atomic E-state index is -3.43. The molecule has 0 aliphatic heterocycles. The fourth-order valence-electron chi connectivity index (χ4n) is 2.36. The van der Waals surface area contributed by atoms with E-state index in [1.54, 1.807) is 19.1 Å². The van der Waals surface area contributed by atoms with Gasteiger partial charge in [-0.15, -0.1) is 11.3 Å². The molecule has 0 spiro atoms. The first-order chi connectivity index (χ1) is 12.8. The Bertz CT molecular complexity index is 1060.